The normalized spacial score (nSPS) is 19.5. The van der Waals surface area contributed by atoms with Crippen molar-refractivity contribution in [2.75, 3.05) is 42.2 Å². The Balaban J connectivity index is 1.37. The molecule has 2 aromatic heterocycles. The second-order valence-corrected chi connectivity index (χ2v) is 9.38. The zero-order valence-electron chi connectivity index (χ0n) is 18.9. The summed E-state index contributed by atoms with van der Waals surface area (Å²) in [5.74, 6) is 1.75. The number of carbonyl (C=O) groups excluding carboxylic acids is 1. The molecule has 5 rings (SSSR count). The molecular formula is C23H30N8O. The fourth-order valence-corrected chi connectivity index (χ4v) is 4.77. The minimum absolute atomic E-state index is 0.0832. The van der Waals surface area contributed by atoms with Gasteiger partial charge < -0.3 is 20.9 Å². The smallest absolute Gasteiger partial charge is 0.247 e. The summed E-state index contributed by atoms with van der Waals surface area (Å²) in [7, 11) is 1.68. The van der Waals surface area contributed by atoms with E-state index in [0.717, 1.165) is 49.7 Å². The number of nitrogens with one attached hydrogen (secondary N) is 3. The highest BCUT2D eigenvalue weighted by Crippen LogP contribution is 2.38. The van der Waals surface area contributed by atoms with E-state index < -0.39 is 0 Å². The first kappa shape index (κ1) is 20.5. The third-order valence-electron chi connectivity index (χ3n) is 6.64. The monoisotopic (exact) mass is 434 g/mol. The summed E-state index contributed by atoms with van der Waals surface area (Å²) in [6.45, 7) is 7.20. The highest BCUT2D eigenvalue weighted by molar-refractivity contribution is 5.76. The lowest BCUT2D eigenvalue weighted by molar-refractivity contribution is -0.121. The first-order valence-corrected chi connectivity index (χ1v) is 11.3. The molecule has 9 heteroatoms. The number of hydrogen-bond acceptors (Lipinski definition) is 7. The second-order valence-electron chi connectivity index (χ2n) is 9.38. The molecule has 0 saturated carbocycles. The van der Waals surface area contributed by atoms with Crippen LogP contribution in [0.2, 0.25) is 0 Å². The number of amides is 1. The highest BCUT2D eigenvalue weighted by Gasteiger charge is 2.28. The van der Waals surface area contributed by atoms with Crippen LogP contribution >= 0.6 is 0 Å². The average Bonchev–Trinajstić information content (AvgIpc) is 3.39. The van der Waals surface area contributed by atoms with Crippen LogP contribution < -0.4 is 20.9 Å². The summed E-state index contributed by atoms with van der Waals surface area (Å²) in [4.78, 5) is 23.3. The zero-order valence-corrected chi connectivity index (χ0v) is 18.9. The molecule has 0 bridgehead atoms. The van der Waals surface area contributed by atoms with Crippen LogP contribution in [0.5, 0.6) is 0 Å². The average molecular weight is 435 g/mol. The van der Waals surface area contributed by atoms with Gasteiger partial charge in [-0.1, -0.05) is 19.9 Å². The van der Waals surface area contributed by atoms with Crippen LogP contribution in [-0.4, -0.2) is 52.2 Å². The maximum Gasteiger partial charge on any atom is 0.247 e. The standard InChI is InChI=1S/C23H30N8O/c1-23(2)7-8-25-18-13-16(4-5-17(18)23)27-22-28-21-20(26-9-11-31(21)29-22)30-10-6-15(14-30)12-19(32)24-3/h4-5,9,11,13,15,25H,6-8,10,12,14H2,1-3H3,(H,24,32)(H,27,29). The van der Waals surface area contributed by atoms with E-state index in [1.807, 2.05) is 6.20 Å². The quantitative estimate of drug-likeness (QED) is 0.568. The molecular weight excluding hydrogens is 404 g/mol. The van der Waals surface area contributed by atoms with E-state index in [2.05, 4.69) is 63.0 Å². The molecule has 0 aliphatic carbocycles. The Hall–Kier alpha value is -3.36. The predicted octanol–water partition coefficient (Wildman–Crippen LogP) is 2.92. The Morgan fingerprint density at radius 2 is 2.22 bits per heavy atom. The third kappa shape index (κ3) is 3.83. The first-order chi connectivity index (χ1) is 15.4. The molecule has 9 nitrogen and oxygen atoms in total. The fraction of sp³-hybridized carbons (Fsp3) is 0.478. The van der Waals surface area contributed by atoms with Gasteiger partial charge in [0.1, 0.15) is 0 Å². The molecule has 168 valence electrons. The summed E-state index contributed by atoms with van der Waals surface area (Å²) < 4.78 is 1.76. The highest BCUT2D eigenvalue weighted by atomic mass is 16.1. The van der Waals surface area contributed by atoms with Crippen molar-refractivity contribution in [2.24, 2.45) is 5.92 Å². The van der Waals surface area contributed by atoms with Crippen molar-refractivity contribution in [3.8, 4) is 0 Å². The van der Waals surface area contributed by atoms with Gasteiger partial charge in [0.25, 0.3) is 0 Å². The number of benzene rings is 1. The lowest BCUT2D eigenvalue weighted by Crippen LogP contribution is -2.28. The van der Waals surface area contributed by atoms with Crippen LogP contribution in [-0.2, 0) is 10.2 Å². The molecule has 2 aliphatic heterocycles. The minimum Gasteiger partial charge on any atom is -0.385 e. The number of hydrogen-bond donors (Lipinski definition) is 3. The van der Waals surface area contributed by atoms with Crippen molar-refractivity contribution >= 4 is 34.7 Å². The maximum atomic E-state index is 11.7. The largest absolute Gasteiger partial charge is 0.385 e. The van der Waals surface area contributed by atoms with Crippen molar-refractivity contribution in [3.63, 3.8) is 0 Å². The molecule has 1 atom stereocenters. The maximum absolute atomic E-state index is 11.7. The summed E-state index contributed by atoms with van der Waals surface area (Å²) in [6, 6.07) is 6.40. The number of rotatable bonds is 5. The van der Waals surface area contributed by atoms with Gasteiger partial charge in [0.2, 0.25) is 11.9 Å². The molecule has 1 fully saturated rings. The lowest BCUT2D eigenvalue weighted by atomic mass is 9.78. The summed E-state index contributed by atoms with van der Waals surface area (Å²) in [5, 5.41) is 14.2. The Bertz CT molecular complexity index is 1150. The first-order valence-electron chi connectivity index (χ1n) is 11.3. The van der Waals surface area contributed by atoms with Crippen LogP contribution in [0.25, 0.3) is 5.65 Å². The topological polar surface area (TPSA) is 99.5 Å². The third-order valence-corrected chi connectivity index (χ3v) is 6.64. The molecule has 1 aromatic carbocycles. The van der Waals surface area contributed by atoms with Crippen molar-refractivity contribution < 1.29 is 4.79 Å². The second kappa shape index (κ2) is 7.96. The number of fused-ring (bicyclic) bond motifs is 2. The summed E-state index contributed by atoms with van der Waals surface area (Å²) in [6.07, 6.45) is 6.19. The predicted molar refractivity (Wildman–Crippen MR) is 126 cm³/mol. The number of anilines is 4. The van der Waals surface area contributed by atoms with Crippen molar-refractivity contribution in [1.29, 1.82) is 0 Å². The number of carbonyl (C=O) groups is 1. The molecule has 1 unspecified atom stereocenters. The molecule has 3 aromatic rings. The molecule has 3 N–H and O–H groups in total. The van der Waals surface area contributed by atoms with Gasteiger partial charge in [0.05, 0.1) is 0 Å². The summed E-state index contributed by atoms with van der Waals surface area (Å²) in [5.41, 5.74) is 4.34. The van der Waals surface area contributed by atoms with Crippen LogP contribution in [0.3, 0.4) is 0 Å². The SMILES string of the molecule is CNC(=O)CC1CCN(c2nccn3nc(Nc4ccc5c(c4)NCCC5(C)C)nc23)C1. The lowest BCUT2D eigenvalue weighted by Gasteiger charge is -2.33. The molecule has 1 amide bonds. The Morgan fingerprint density at radius 3 is 3.06 bits per heavy atom. The van der Waals surface area contributed by atoms with Gasteiger partial charge >= 0.3 is 0 Å². The summed E-state index contributed by atoms with van der Waals surface area (Å²) >= 11 is 0. The van der Waals surface area contributed by atoms with Crippen molar-refractivity contribution in [3.05, 3.63) is 36.2 Å². The van der Waals surface area contributed by atoms with Gasteiger partial charge in [-0.25, -0.2) is 9.50 Å². The van der Waals surface area contributed by atoms with Crippen LogP contribution in [0, 0.1) is 5.92 Å². The van der Waals surface area contributed by atoms with E-state index in [0.29, 0.717) is 23.9 Å². The van der Waals surface area contributed by atoms with Gasteiger partial charge in [-0.15, -0.1) is 5.10 Å². The Morgan fingerprint density at radius 1 is 1.34 bits per heavy atom. The van der Waals surface area contributed by atoms with E-state index in [9.17, 15) is 4.79 Å². The van der Waals surface area contributed by atoms with Crippen LogP contribution in [0.4, 0.5) is 23.1 Å². The van der Waals surface area contributed by atoms with Crippen LogP contribution in [0.15, 0.2) is 30.6 Å². The fourth-order valence-electron chi connectivity index (χ4n) is 4.77. The molecule has 0 radical (unpaired) electrons. The van der Waals surface area contributed by atoms with Gasteiger partial charge in [0.15, 0.2) is 11.5 Å². The molecule has 32 heavy (non-hydrogen) atoms. The van der Waals surface area contributed by atoms with Crippen molar-refractivity contribution in [1.82, 2.24) is 24.9 Å². The Kier molecular flexibility index (Phi) is 5.11. The van der Waals surface area contributed by atoms with Crippen molar-refractivity contribution in [2.45, 2.75) is 38.5 Å². The number of aromatic nitrogens is 4. The molecule has 2 aliphatic rings. The van der Waals surface area contributed by atoms with E-state index in [1.54, 1.807) is 17.8 Å². The van der Waals surface area contributed by atoms with E-state index in [4.69, 9.17) is 4.98 Å². The molecule has 4 heterocycles. The van der Waals surface area contributed by atoms with E-state index in [-0.39, 0.29) is 11.3 Å². The zero-order chi connectivity index (χ0) is 22.3. The molecule has 0 spiro atoms. The van der Waals surface area contributed by atoms with Crippen LogP contribution in [0.1, 0.15) is 38.7 Å². The molecule has 1 saturated heterocycles. The van der Waals surface area contributed by atoms with Gasteiger partial charge in [-0.05, 0) is 41.9 Å². The number of nitrogens with zero attached hydrogens (tertiary/aromatic N) is 5. The van der Waals surface area contributed by atoms with E-state index >= 15 is 0 Å². The van der Waals surface area contributed by atoms with Gasteiger partial charge in [-0.3, -0.25) is 4.79 Å². The Labute approximate surface area is 187 Å². The van der Waals surface area contributed by atoms with E-state index in [1.165, 1.54) is 5.56 Å². The minimum atomic E-state index is 0.0832. The van der Waals surface area contributed by atoms with Gasteiger partial charge in [-0.2, -0.15) is 4.98 Å². The van der Waals surface area contributed by atoms with Gasteiger partial charge in [0, 0.05) is 56.9 Å².